The Morgan fingerprint density at radius 1 is 0.923 bits per heavy atom. The number of carbonyl (C=O) groups excluding carboxylic acids is 1. The molecule has 0 unspecified atom stereocenters. The van der Waals surface area contributed by atoms with Gasteiger partial charge in [0.25, 0.3) is 0 Å². The van der Waals surface area contributed by atoms with Crippen molar-refractivity contribution >= 4 is 6.29 Å². The van der Waals surface area contributed by atoms with Crippen LogP contribution in [0.15, 0.2) is 54.9 Å². The summed E-state index contributed by atoms with van der Waals surface area (Å²) in [7, 11) is 5.21. The fourth-order valence-electron chi connectivity index (χ4n) is 4.47. The lowest BCUT2D eigenvalue weighted by atomic mass is 10.0. The highest BCUT2D eigenvalue weighted by molar-refractivity contribution is 5.78. The lowest BCUT2D eigenvalue weighted by molar-refractivity contribution is -0.109. The van der Waals surface area contributed by atoms with Crippen molar-refractivity contribution in [3.63, 3.8) is 0 Å². The lowest BCUT2D eigenvalue weighted by Crippen LogP contribution is -2.35. The van der Waals surface area contributed by atoms with E-state index in [2.05, 4.69) is 43.5 Å². The number of rotatable bonds is 9. The number of methoxy groups -OCH3 is 1. The van der Waals surface area contributed by atoms with Crippen LogP contribution in [0.1, 0.15) is 11.4 Å². The van der Waals surface area contributed by atoms with Crippen LogP contribution in [0, 0.1) is 0 Å². The van der Waals surface area contributed by atoms with Gasteiger partial charge in [0.05, 0.1) is 24.1 Å². The van der Waals surface area contributed by atoms with E-state index in [4.69, 9.17) is 9.47 Å². The van der Waals surface area contributed by atoms with E-state index in [0.29, 0.717) is 29.9 Å². The highest BCUT2D eigenvalue weighted by atomic mass is 16.5. The fraction of sp³-hybridized carbons (Fsp3) is 0.414. The van der Waals surface area contributed by atoms with Crippen molar-refractivity contribution < 1.29 is 19.4 Å². The molecule has 3 heterocycles. The van der Waals surface area contributed by atoms with Gasteiger partial charge in [-0.05, 0) is 43.9 Å². The molecule has 1 fully saturated rings. The second-order valence-corrected chi connectivity index (χ2v) is 9.21. The number of carbonyl (C=O) groups is 1. The maximum atomic E-state index is 10.8. The number of benzene rings is 1. The third-order valence-electron chi connectivity index (χ3n) is 6.52. The quantitative estimate of drug-likeness (QED) is 0.394. The van der Waals surface area contributed by atoms with E-state index >= 15 is 0 Å². The lowest BCUT2D eigenvalue weighted by Gasteiger charge is -2.25. The Morgan fingerprint density at radius 3 is 2.23 bits per heavy atom. The van der Waals surface area contributed by atoms with Gasteiger partial charge < -0.3 is 25.2 Å². The summed E-state index contributed by atoms with van der Waals surface area (Å²) in [6, 6.07) is 13.1. The third kappa shape index (κ3) is 9.00. The molecule has 0 atom stereocenters. The molecular formula is C29H40N6O4. The SMILES string of the molecule is CN.COc1cc(OCC=O)cc(O)c1-c1ccnc(CN2CCN(C)CCN(Cc3ccccn3)CC2)c1. The normalized spacial score (nSPS) is 15.3. The van der Waals surface area contributed by atoms with Gasteiger partial charge >= 0.3 is 0 Å². The summed E-state index contributed by atoms with van der Waals surface area (Å²) in [5.41, 5.74) is 7.87. The van der Waals surface area contributed by atoms with E-state index in [9.17, 15) is 9.90 Å². The molecule has 1 aromatic carbocycles. The highest BCUT2D eigenvalue weighted by Gasteiger charge is 2.18. The van der Waals surface area contributed by atoms with Gasteiger partial charge in [-0.15, -0.1) is 0 Å². The Labute approximate surface area is 231 Å². The molecule has 3 N–H and O–H groups in total. The molecule has 10 heteroatoms. The Hall–Kier alpha value is -3.57. The van der Waals surface area contributed by atoms with Crippen molar-refractivity contribution in [2.45, 2.75) is 13.1 Å². The number of hydrogen-bond donors (Lipinski definition) is 2. The summed E-state index contributed by atoms with van der Waals surface area (Å²) in [5, 5.41) is 10.8. The zero-order chi connectivity index (χ0) is 28.0. The van der Waals surface area contributed by atoms with E-state index in [1.54, 1.807) is 19.4 Å². The first-order valence-electron chi connectivity index (χ1n) is 13.1. The van der Waals surface area contributed by atoms with Crippen LogP contribution >= 0.6 is 0 Å². The molecule has 0 radical (unpaired) electrons. The number of aromatic nitrogens is 2. The number of aromatic hydroxyl groups is 1. The predicted molar refractivity (Wildman–Crippen MR) is 152 cm³/mol. The first-order valence-corrected chi connectivity index (χ1v) is 13.1. The average molecular weight is 537 g/mol. The molecule has 2 aromatic heterocycles. The molecule has 1 aliphatic rings. The van der Waals surface area contributed by atoms with Crippen LogP contribution in [0.25, 0.3) is 11.1 Å². The van der Waals surface area contributed by atoms with Crippen molar-refractivity contribution in [2.75, 3.05) is 67.1 Å². The molecular weight excluding hydrogens is 496 g/mol. The molecule has 1 saturated heterocycles. The minimum absolute atomic E-state index is 0.0203. The van der Waals surface area contributed by atoms with Gasteiger partial charge in [0.1, 0.15) is 23.9 Å². The van der Waals surface area contributed by atoms with E-state index in [-0.39, 0.29) is 12.4 Å². The summed E-state index contributed by atoms with van der Waals surface area (Å²) >= 11 is 0. The molecule has 3 aromatic rings. The number of nitrogens with two attached hydrogens (primary N) is 1. The van der Waals surface area contributed by atoms with Crippen molar-refractivity contribution in [2.24, 2.45) is 5.73 Å². The average Bonchev–Trinajstić information content (AvgIpc) is 3.04. The first-order chi connectivity index (χ1) is 19.1. The molecule has 4 rings (SSSR count). The third-order valence-corrected chi connectivity index (χ3v) is 6.52. The number of nitrogens with zero attached hydrogens (tertiary/aromatic N) is 5. The van der Waals surface area contributed by atoms with Crippen LogP contribution in [-0.2, 0) is 17.9 Å². The van der Waals surface area contributed by atoms with Crippen molar-refractivity contribution in [1.82, 2.24) is 24.7 Å². The maximum Gasteiger partial charge on any atom is 0.157 e. The maximum absolute atomic E-state index is 10.8. The monoisotopic (exact) mass is 536 g/mol. The fourth-order valence-corrected chi connectivity index (χ4v) is 4.47. The number of hydrogen-bond acceptors (Lipinski definition) is 10. The number of likely N-dealkylation sites (N-methyl/N-ethyl adjacent to an activating group) is 1. The van der Waals surface area contributed by atoms with Crippen LogP contribution in [-0.4, -0.2) is 103 Å². The summed E-state index contributed by atoms with van der Waals surface area (Å²) in [4.78, 5) is 27.0. The van der Waals surface area contributed by atoms with Crippen LogP contribution < -0.4 is 15.2 Å². The molecule has 0 bridgehead atoms. The minimum atomic E-state index is -0.0916. The summed E-state index contributed by atoms with van der Waals surface area (Å²) < 4.78 is 10.9. The van der Waals surface area contributed by atoms with Gasteiger partial charge in [0, 0.05) is 76.9 Å². The van der Waals surface area contributed by atoms with Crippen LogP contribution in [0.5, 0.6) is 17.2 Å². The van der Waals surface area contributed by atoms with Gasteiger partial charge in [0.2, 0.25) is 0 Å². The zero-order valence-electron chi connectivity index (χ0n) is 23.1. The molecule has 10 nitrogen and oxygen atoms in total. The molecule has 1 aliphatic heterocycles. The second kappa shape index (κ2) is 15.7. The van der Waals surface area contributed by atoms with E-state index in [0.717, 1.165) is 62.8 Å². The minimum Gasteiger partial charge on any atom is -0.507 e. The number of pyridine rings is 2. The Kier molecular flexibility index (Phi) is 12.1. The summed E-state index contributed by atoms with van der Waals surface area (Å²) in [6.45, 7) is 7.24. The smallest absolute Gasteiger partial charge is 0.157 e. The van der Waals surface area contributed by atoms with Gasteiger partial charge in [0.15, 0.2) is 6.29 Å². The topological polar surface area (TPSA) is 117 Å². The van der Waals surface area contributed by atoms with Gasteiger partial charge in [-0.3, -0.25) is 24.6 Å². The van der Waals surface area contributed by atoms with E-state index < -0.39 is 0 Å². The van der Waals surface area contributed by atoms with Gasteiger partial charge in [-0.25, -0.2) is 0 Å². The molecule has 0 aliphatic carbocycles. The summed E-state index contributed by atoms with van der Waals surface area (Å²) in [6.07, 6.45) is 4.27. The standard InChI is InChI=1S/C28H35N5O4.CH5N/c1-31-9-11-32(20-23-5-3-4-7-29-23)13-14-33(12-10-31)21-24-17-22(6-8-30-24)28-26(35)18-25(37-16-15-34)19-27(28)36-2;1-2/h3-8,15,17-19,35H,9-14,16,20-21H2,1-2H3;2H2,1H3. The molecule has 0 amide bonds. The van der Waals surface area contributed by atoms with Crippen molar-refractivity contribution in [1.29, 1.82) is 0 Å². The van der Waals surface area contributed by atoms with E-state index in [1.165, 1.54) is 13.1 Å². The highest BCUT2D eigenvalue weighted by Crippen LogP contribution is 2.41. The van der Waals surface area contributed by atoms with Gasteiger partial charge in [-0.2, -0.15) is 0 Å². The molecule has 0 saturated carbocycles. The van der Waals surface area contributed by atoms with Crippen LogP contribution in [0.4, 0.5) is 0 Å². The van der Waals surface area contributed by atoms with Gasteiger partial charge in [-0.1, -0.05) is 6.07 Å². The Balaban J connectivity index is 0.00000205. The first kappa shape index (κ1) is 30.0. The Morgan fingerprint density at radius 2 is 1.59 bits per heavy atom. The molecule has 210 valence electrons. The predicted octanol–water partition coefficient (Wildman–Crippen LogP) is 2.26. The molecule has 0 spiro atoms. The Bertz CT molecular complexity index is 1160. The summed E-state index contributed by atoms with van der Waals surface area (Å²) in [5.74, 6) is 0.857. The van der Waals surface area contributed by atoms with Crippen LogP contribution in [0.2, 0.25) is 0 Å². The zero-order valence-corrected chi connectivity index (χ0v) is 23.1. The van der Waals surface area contributed by atoms with E-state index in [1.807, 2.05) is 30.5 Å². The number of ether oxygens (including phenoxy) is 2. The van der Waals surface area contributed by atoms with Crippen molar-refractivity contribution in [3.8, 4) is 28.4 Å². The second-order valence-electron chi connectivity index (χ2n) is 9.21. The molecule has 39 heavy (non-hydrogen) atoms. The van der Waals surface area contributed by atoms with Crippen molar-refractivity contribution in [3.05, 3.63) is 66.2 Å². The number of phenolic OH excluding ortho intramolecular Hbond substituents is 1. The number of phenols is 1. The van der Waals surface area contributed by atoms with Crippen LogP contribution in [0.3, 0.4) is 0 Å². The largest absolute Gasteiger partial charge is 0.507 e. The number of aldehydes is 1.